The summed E-state index contributed by atoms with van der Waals surface area (Å²) in [6, 6.07) is 7.79. The van der Waals surface area contributed by atoms with Gasteiger partial charge in [0.2, 0.25) is 5.89 Å². The molecular formula is C20H25N5O2. The molecule has 142 valence electrons. The summed E-state index contributed by atoms with van der Waals surface area (Å²) in [7, 11) is 1.66. The Hall–Kier alpha value is -2.67. The van der Waals surface area contributed by atoms with Crippen molar-refractivity contribution in [1.29, 1.82) is 0 Å². The van der Waals surface area contributed by atoms with Crippen LogP contribution in [-0.4, -0.2) is 45.3 Å². The molecule has 1 N–H and O–H groups in total. The van der Waals surface area contributed by atoms with E-state index < -0.39 is 0 Å². The number of methoxy groups -OCH3 is 1. The second-order valence-corrected chi connectivity index (χ2v) is 7.11. The van der Waals surface area contributed by atoms with Crippen molar-refractivity contribution in [2.75, 3.05) is 20.2 Å². The fourth-order valence-corrected chi connectivity index (χ4v) is 3.62. The highest BCUT2D eigenvalue weighted by atomic mass is 16.5. The molecule has 1 aromatic carbocycles. The molecule has 27 heavy (non-hydrogen) atoms. The Balaban J connectivity index is 1.48. The van der Waals surface area contributed by atoms with Crippen LogP contribution in [0.3, 0.4) is 0 Å². The molecule has 7 heteroatoms. The summed E-state index contributed by atoms with van der Waals surface area (Å²) >= 11 is 0. The van der Waals surface area contributed by atoms with E-state index in [1.54, 1.807) is 7.11 Å². The van der Waals surface area contributed by atoms with E-state index in [4.69, 9.17) is 14.1 Å². The maximum absolute atomic E-state index is 5.93. The highest BCUT2D eigenvalue weighted by Gasteiger charge is 2.25. The van der Waals surface area contributed by atoms with Gasteiger partial charge in [-0.3, -0.25) is 10.00 Å². The van der Waals surface area contributed by atoms with Crippen LogP contribution in [0.2, 0.25) is 0 Å². The van der Waals surface area contributed by atoms with Crippen molar-refractivity contribution >= 4 is 0 Å². The largest absolute Gasteiger partial charge is 0.497 e. The lowest BCUT2D eigenvalue weighted by Crippen LogP contribution is -2.34. The molecule has 0 spiro atoms. The Bertz CT molecular complexity index is 917. The van der Waals surface area contributed by atoms with Gasteiger partial charge in [-0.25, -0.2) is 9.97 Å². The number of hydrogen-bond donors (Lipinski definition) is 1. The number of likely N-dealkylation sites (tertiary alicyclic amines) is 1. The van der Waals surface area contributed by atoms with Crippen LogP contribution in [0.1, 0.15) is 41.9 Å². The molecule has 0 bridgehead atoms. The number of ether oxygens (including phenoxy) is 1. The van der Waals surface area contributed by atoms with Crippen LogP contribution in [0.15, 0.2) is 28.7 Å². The SMILES string of the molecule is COc1cccc(-c2nc(CN3CCC[C@H](c4n[nH]c(C)n4)C3)c(C)o2)c1. The lowest BCUT2D eigenvalue weighted by Gasteiger charge is -2.30. The summed E-state index contributed by atoms with van der Waals surface area (Å²) in [5.74, 6) is 4.46. The van der Waals surface area contributed by atoms with E-state index in [0.29, 0.717) is 11.8 Å². The molecule has 0 radical (unpaired) electrons. The van der Waals surface area contributed by atoms with Crippen molar-refractivity contribution in [3.8, 4) is 17.2 Å². The Morgan fingerprint density at radius 1 is 1.30 bits per heavy atom. The zero-order chi connectivity index (χ0) is 18.8. The molecule has 0 amide bonds. The Morgan fingerprint density at radius 3 is 2.96 bits per heavy atom. The first kappa shape index (κ1) is 17.7. The van der Waals surface area contributed by atoms with Gasteiger partial charge < -0.3 is 9.15 Å². The standard InChI is InChI=1S/C20H25N5O2/c1-13-18(22-20(27-13)15-6-4-8-17(10-15)26-3)12-25-9-5-7-16(11-25)19-21-14(2)23-24-19/h4,6,8,10,16H,5,7,9,11-12H2,1-3H3,(H,21,23,24)/t16-/m0/s1. The number of H-pyrrole nitrogens is 1. The number of benzene rings is 1. The van der Waals surface area contributed by atoms with E-state index in [0.717, 1.165) is 66.9 Å². The molecule has 1 saturated heterocycles. The molecule has 1 aliphatic rings. The van der Waals surface area contributed by atoms with Gasteiger partial charge in [-0.1, -0.05) is 6.07 Å². The third-order valence-corrected chi connectivity index (χ3v) is 5.07. The summed E-state index contributed by atoms with van der Waals surface area (Å²) in [5, 5.41) is 7.30. The predicted molar refractivity (Wildman–Crippen MR) is 102 cm³/mol. The zero-order valence-electron chi connectivity index (χ0n) is 16.0. The average Bonchev–Trinajstić information content (AvgIpc) is 3.28. The summed E-state index contributed by atoms with van der Waals surface area (Å²) in [6.45, 7) is 6.69. The number of oxazole rings is 1. The van der Waals surface area contributed by atoms with Gasteiger partial charge in [0.05, 0.1) is 12.8 Å². The van der Waals surface area contributed by atoms with E-state index in [2.05, 4.69) is 20.1 Å². The zero-order valence-corrected chi connectivity index (χ0v) is 16.0. The quantitative estimate of drug-likeness (QED) is 0.744. The second-order valence-electron chi connectivity index (χ2n) is 7.11. The molecule has 3 heterocycles. The van der Waals surface area contributed by atoms with Crippen LogP contribution in [0, 0.1) is 13.8 Å². The topological polar surface area (TPSA) is 80.1 Å². The van der Waals surface area contributed by atoms with E-state index in [-0.39, 0.29) is 0 Å². The lowest BCUT2D eigenvalue weighted by molar-refractivity contribution is 0.194. The summed E-state index contributed by atoms with van der Waals surface area (Å²) in [5.41, 5.74) is 1.91. The molecule has 1 aliphatic heterocycles. The van der Waals surface area contributed by atoms with Crippen molar-refractivity contribution in [3.05, 3.63) is 47.4 Å². The fraction of sp³-hybridized carbons (Fsp3) is 0.450. The van der Waals surface area contributed by atoms with Gasteiger partial charge >= 0.3 is 0 Å². The number of hydrogen-bond acceptors (Lipinski definition) is 6. The van der Waals surface area contributed by atoms with E-state index in [9.17, 15) is 0 Å². The van der Waals surface area contributed by atoms with Crippen molar-refractivity contribution in [3.63, 3.8) is 0 Å². The number of aryl methyl sites for hydroxylation is 2. The number of rotatable bonds is 5. The molecule has 0 aliphatic carbocycles. The van der Waals surface area contributed by atoms with Gasteiger partial charge in [0.15, 0.2) is 5.82 Å². The minimum absolute atomic E-state index is 0.369. The fourth-order valence-electron chi connectivity index (χ4n) is 3.62. The molecule has 2 aromatic heterocycles. The Labute approximate surface area is 158 Å². The molecular weight excluding hydrogens is 342 g/mol. The van der Waals surface area contributed by atoms with Crippen molar-refractivity contribution in [2.24, 2.45) is 0 Å². The minimum Gasteiger partial charge on any atom is -0.497 e. The van der Waals surface area contributed by atoms with Crippen LogP contribution in [0.5, 0.6) is 5.75 Å². The monoisotopic (exact) mass is 367 g/mol. The third kappa shape index (κ3) is 3.88. The number of nitrogens with one attached hydrogen (secondary N) is 1. The van der Waals surface area contributed by atoms with E-state index in [1.165, 1.54) is 0 Å². The number of aromatic amines is 1. The molecule has 7 nitrogen and oxygen atoms in total. The third-order valence-electron chi connectivity index (χ3n) is 5.07. The van der Waals surface area contributed by atoms with Gasteiger partial charge in [-0.05, 0) is 51.4 Å². The minimum atomic E-state index is 0.369. The average molecular weight is 367 g/mol. The maximum Gasteiger partial charge on any atom is 0.226 e. The molecule has 0 unspecified atom stereocenters. The molecule has 0 saturated carbocycles. The Kier molecular flexibility index (Phi) is 4.94. The first-order valence-corrected chi connectivity index (χ1v) is 9.34. The van der Waals surface area contributed by atoms with Crippen molar-refractivity contribution in [2.45, 2.75) is 39.2 Å². The highest BCUT2D eigenvalue weighted by molar-refractivity contribution is 5.56. The van der Waals surface area contributed by atoms with Gasteiger partial charge in [0.25, 0.3) is 0 Å². The smallest absolute Gasteiger partial charge is 0.226 e. The maximum atomic E-state index is 5.93. The second kappa shape index (κ2) is 7.52. The van der Waals surface area contributed by atoms with Crippen LogP contribution < -0.4 is 4.74 Å². The first-order valence-electron chi connectivity index (χ1n) is 9.34. The lowest BCUT2D eigenvalue weighted by atomic mass is 9.97. The number of nitrogens with zero attached hydrogens (tertiary/aromatic N) is 4. The van der Waals surface area contributed by atoms with Crippen molar-refractivity contribution < 1.29 is 9.15 Å². The summed E-state index contributed by atoms with van der Waals surface area (Å²) < 4.78 is 11.2. The molecule has 4 rings (SSSR count). The van der Waals surface area contributed by atoms with Crippen LogP contribution >= 0.6 is 0 Å². The van der Waals surface area contributed by atoms with Gasteiger partial charge in [-0.15, -0.1) is 0 Å². The van der Waals surface area contributed by atoms with Crippen LogP contribution in [0.25, 0.3) is 11.5 Å². The van der Waals surface area contributed by atoms with Crippen LogP contribution in [0.4, 0.5) is 0 Å². The van der Waals surface area contributed by atoms with Gasteiger partial charge in [-0.2, -0.15) is 5.10 Å². The molecule has 1 fully saturated rings. The highest BCUT2D eigenvalue weighted by Crippen LogP contribution is 2.28. The molecule has 1 atom stereocenters. The Morgan fingerprint density at radius 2 is 2.19 bits per heavy atom. The normalized spacial score (nSPS) is 18.0. The van der Waals surface area contributed by atoms with E-state index >= 15 is 0 Å². The number of piperidine rings is 1. The predicted octanol–water partition coefficient (Wildman–Crippen LogP) is 3.46. The number of aromatic nitrogens is 4. The van der Waals surface area contributed by atoms with Crippen molar-refractivity contribution in [1.82, 2.24) is 25.1 Å². The summed E-state index contributed by atoms with van der Waals surface area (Å²) in [4.78, 5) is 11.7. The van der Waals surface area contributed by atoms with Crippen LogP contribution in [-0.2, 0) is 6.54 Å². The van der Waals surface area contributed by atoms with Gasteiger partial charge in [0, 0.05) is 24.6 Å². The first-order chi connectivity index (χ1) is 13.1. The van der Waals surface area contributed by atoms with E-state index in [1.807, 2.05) is 38.1 Å². The summed E-state index contributed by atoms with van der Waals surface area (Å²) in [6.07, 6.45) is 2.26. The molecule has 3 aromatic rings. The van der Waals surface area contributed by atoms with Gasteiger partial charge in [0.1, 0.15) is 17.3 Å².